The summed E-state index contributed by atoms with van der Waals surface area (Å²) in [4.78, 5) is 25.5. The second-order valence-corrected chi connectivity index (χ2v) is 5.82. The Morgan fingerprint density at radius 2 is 1.82 bits per heavy atom. The fourth-order valence-electron chi connectivity index (χ4n) is 2.01. The summed E-state index contributed by atoms with van der Waals surface area (Å²) in [5, 5.41) is 0.204. The quantitative estimate of drug-likeness (QED) is 0.431. The Morgan fingerprint density at radius 1 is 1.23 bits per heavy atom. The molecule has 22 heavy (non-hydrogen) atoms. The Bertz CT molecular complexity index is 547. The first-order valence-electron chi connectivity index (χ1n) is 6.63. The average Bonchev–Trinajstić information content (AvgIpc) is 2.40. The molecule has 0 N–H and O–H groups in total. The smallest absolute Gasteiger partial charge is 0.308 e. The maximum atomic E-state index is 12.5. The van der Waals surface area contributed by atoms with Gasteiger partial charge in [-0.05, 0) is 32.6 Å². The van der Waals surface area contributed by atoms with E-state index in [1.165, 1.54) is 13.0 Å². The van der Waals surface area contributed by atoms with E-state index < -0.39 is 5.97 Å². The van der Waals surface area contributed by atoms with Crippen LogP contribution < -0.4 is 4.74 Å². The molecule has 0 aromatic heterocycles. The second kappa shape index (κ2) is 9.36. The zero-order valence-corrected chi connectivity index (χ0v) is 15.3. The molecule has 1 aromatic rings. The van der Waals surface area contributed by atoms with Gasteiger partial charge in [-0.2, -0.15) is 0 Å². The molecule has 0 aliphatic rings. The molecule has 0 aliphatic heterocycles. The number of hydrogen-bond donors (Lipinski definition) is 0. The first-order valence-corrected chi connectivity index (χ1v) is 7.38. The number of Topliss-reactive ketones (excluding diaryl/α,β-unsaturated/α-hetero) is 1. The number of carbonyl (C=O) groups excluding carboxylic acids is 2. The van der Waals surface area contributed by atoms with Crippen LogP contribution in [-0.4, -0.2) is 37.3 Å². The number of carbonyl (C=O) groups is 2. The lowest BCUT2D eigenvalue weighted by Crippen LogP contribution is -2.27. The fraction of sp³-hybridized carbons (Fsp3) is 0.467. The van der Waals surface area contributed by atoms with Crippen LogP contribution in [0.3, 0.4) is 0 Å². The monoisotopic (exact) mass is 367 g/mol. The van der Waals surface area contributed by atoms with Crippen LogP contribution >= 0.6 is 35.6 Å². The summed E-state index contributed by atoms with van der Waals surface area (Å²) in [6.45, 7) is 3.86. The van der Waals surface area contributed by atoms with Crippen LogP contribution in [-0.2, 0) is 4.79 Å². The average molecular weight is 369 g/mol. The number of ketones is 1. The van der Waals surface area contributed by atoms with Crippen LogP contribution in [0, 0.1) is 5.92 Å². The molecule has 124 valence electrons. The van der Waals surface area contributed by atoms with Crippen molar-refractivity contribution in [1.29, 1.82) is 0 Å². The van der Waals surface area contributed by atoms with Gasteiger partial charge in [-0.25, -0.2) is 0 Å². The molecule has 0 bridgehead atoms. The number of benzene rings is 1. The Hall–Kier alpha value is -0.810. The first kappa shape index (κ1) is 21.2. The van der Waals surface area contributed by atoms with Crippen molar-refractivity contribution in [3.8, 4) is 5.75 Å². The largest absolute Gasteiger partial charge is 0.425 e. The summed E-state index contributed by atoms with van der Waals surface area (Å²) in [6.07, 6.45) is 0.705. The number of ether oxygens (including phenoxy) is 1. The van der Waals surface area contributed by atoms with Gasteiger partial charge in [0.1, 0.15) is 5.02 Å². The lowest BCUT2D eigenvalue weighted by molar-refractivity contribution is -0.131. The predicted molar refractivity (Wildman–Crippen MR) is 91.7 cm³/mol. The van der Waals surface area contributed by atoms with Crippen molar-refractivity contribution >= 4 is 47.4 Å². The lowest BCUT2D eigenvalue weighted by Gasteiger charge is -2.19. The Morgan fingerprint density at radius 3 is 2.27 bits per heavy atom. The summed E-state index contributed by atoms with van der Waals surface area (Å²) in [5.74, 6) is -0.557. The van der Waals surface area contributed by atoms with E-state index in [9.17, 15) is 9.59 Å². The molecule has 4 nitrogen and oxygen atoms in total. The van der Waals surface area contributed by atoms with E-state index in [0.717, 1.165) is 0 Å². The predicted octanol–water partition coefficient (Wildman–Crippen LogP) is 4.11. The summed E-state index contributed by atoms with van der Waals surface area (Å²) in [5.41, 5.74) is 0.353. The third-order valence-corrected chi connectivity index (χ3v) is 3.88. The molecule has 1 atom stereocenters. The molecule has 0 saturated heterocycles. The van der Waals surface area contributed by atoms with Gasteiger partial charge in [0.15, 0.2) is 11.5 Å². The third-order valence-electron chi connectivity index (χ3n) is 3.02. The van der Waals surface area contributed by atoms with E-state index in [0.29, 0.717) is 18.5 Å². The summed E-state index contributed by atoms with van der Waals surface area (Å²) < 4.78 is 4.94. The molecule has 0 spiro atoms. The summed E-state index contributed by atoms with van der Waals surface area (Å²) in [6, 6.07) is 3.04. The number of hydrogen-bond acceptors (Lipinski definition) is 4. The molecule has 0 amide bonds. The molecule has 0 heterocycles. The van der Waals surface area contributed by atoms with Crippen LogP contribution in [0.15, 0.2) is 12.1 Å². The van der Waals surface area contributed by atoms with Gasteiger partial charge < -0.3 is 9.64 Å². The normalized spacial score (nSPS) is 11.8. The van der Waals surface area contributed by atoms with Gasteiger partial charge in [0.05, 0.1) is 5.02 Å². The Balaban J connectivity index is 0.00000441. The van der Waals surface area contributed by atoms with Crippen molar-refractivity contribution in [2.24, 2.45) is 5.92 Å². The van der Waals surface area contributed by atoms with Crippen molar-refractivity contribution in [2.45, 2.75) is 20.3 Å². The number of esters is 1. The van der Waals surface area contributed by atoms with E-state index >= 15 is 0 Å². The maximum Gasteiger partial charge on any atom is 0.308 e. The molecule has 0 fully saturated rings. The fourth-order valence-corrected chi connectivity index (χ4v) is 2.47. The Kier molecular flexibility index (Phi) is 9.01. The first-order chi connectivity index (χ1) is 9.77. The second-order valence-electron chi connectivity index (χ2n) is 5.06. The number of halogens is 3. The maximum absolute atomic E-state index is 12.5. The highest BCUT2D eigenvalue weighted by Gasteiger charge is 2.23. The molecule has 0 aliphatic carbocycles. The molecule has 0 radical (unpaired) electrons. The van der Waals surface area contributed by atoms with Crippen LogP contribution in [0.4, 0.5) is 0 Å². The van der Waals surface area contributed by atoms with Gasteiger partial charge in [0.2, 0.25) is 0 Å². The highest BCUT2D eigenvalue weighted by Crippen LogP contribution is 2.36. The van der Waals surface area contributed by atoms with E-state index in [2.05, 4.69) is 0 Å². The van der Waals surface area contributed by atoms with Gasteiger partial charge in [0, 0.05) is 24.9 Å². The van der Waals surface area contributed by atoms with E-state index in [1.54, 1.807) is 6.07 Å². The molecular formula is C15H20Cl3NO3. The molecular weight excluding hydrogens is 349 g/mol. The zero-order valence-electron chi connectivity index (χ0n) is 13.0. The molecule has 7 heteroatoms. The molecule has 1 rings (SSSR count). The van der Waals surface area contributed by atoms with Crippen molar-refractivity contribution in [3.63, 3.8) is 0 Å². The number of rotatable bonds is 6. The molecule has 1 aromatic carbocycles. The van der Waals surface area contributed by atoms with Gasteiger partial charge in [-0.1, -0.05) is 30.1 Å². The highest BCUT2D eigenvalue weighted by atomic mass is 35.5. The SMILES string of the molecule is CCC(CN(C)C)C(=O)c1ccc(OC(C)=O)c(Cl)c1Cl.Cl. The van der Waals surface area contributed by atoms with E-state index in [1.807, 2.05) is 25.9 Å². The number of nitrogens with zero attached hydrogens (tertiary/aromatic N) is 1. The van der Waals surface area contributed by atoms with Crippen molar-refractivity contribution in [2.75, 3.05) is 20.6 Å². The van der Waals surface area contributed by atoms with Crippen molar-refractivity contribution < 1.29 is 14.3 Å². The summed E-state index contributed by atoms with van der Waals surface area (Å²) in [7, 11) is 3.82. The van der Waals surface area contributed by atoms with E-state index in [-0.39, 0.29) is 39.9 Å². The van der Waals surface area contributed by atoms with Crippen LogP contribution in [0.25, 0.3) is 0 Å². The van der Waals surface area contributed by atoms with Gasteiger partial charge in [-0.15, -0.1) is 12.4 Å². The van der Waals surface area contributed by atoms with Gasteiger partial charge >= 0.3 is 5.97 Å². The van der Waals surface area contributed by atoms with Gasteiger partial charge in [-0.3, -0.25) is 9.59 Å². The molecule has 0 saturated carbocycles. The van der Waals surface area contributed by atoms with Gasteiger partial charge in [0.25, 0.3) is 0 Å². The standard InChI is InChI=1S/C15H19Cl2NO3.ClH/c1-5-10(8-18(3)4)15(20)11-6-7-12(21-9(2)19)14(17)13(11)16;/h6-7,10H,5,8H2,1-4H3;1H. The van der Waals surface area contributed by atoms with Crippen LogP contribution in [0.2, 0.25) is 10.0 Å². The minimum Gasteiger partial charge on any atom is -0.425 e. The zero-order chi connectivity index (χ0) is 16.2. The Labute approximate surface area is 147 Å². The third kappa shape index (κ3) is 5.43. The van der Waals surface area contributed by atoms with Crippen molar-refractivity contribution in [1.82, 2.24) is 4.90 Å². The van der Waals surface area contributed by atoms with Crippen molar-refractivity contribution in [3.05, 3.63) is 27.7 Å². The van der Waals surface area contributed by atoms with Crippen LogP contribution in [0.5, 0.6) is 5.75 Å². The highest BCUT2D eigenvalue weighted by molar-refractivity contribution is 6.45. The van der Waals surface area contributed by atoms with E-state index in [4.69, 9.17) is 27.9 Å². The minimum atomic E-state index is -0.494. The lowest BCUT2D eigenvalue weighted by atomic mass is 9.94. The summed E-state index contributed by atoms with van der Waals surface area (Å²) >= 11 is 12.2. The molecule has 1 unspecified atom stereocenters. The minimum absolute atomic E-state index is 0. The topological polar surface area (TPSA) is 46.6 Å². The van der Waals surface area contributed by atoms with Crippen LogP contribution in [0.1, 0.15) is 30.6 Å².